The zero-order valence-electron chi connectivity index (χ0n) is 30.0. The highest BCUT2D eigenvalue weighted by Crippen LogP contribution is 2.35. The van der Waals surface area contributed by atoms with Gasteiger partial charge in [0.1, 0.15) is 18.5 Å². The lowest BCUT2D eigenvalue weighted by atomic mass is 9.92. The SMILES string of the molecule is C=CC[C@H](N[C@@H]1O[C@H](COC(=O)C(C)(C)C)[C@H](OC(=O)C(C)(C)C)[C@H](OC(=O)C(C)(C)C)[C@H]1OC(=O)C(C)(C)C)c1ccc(F)cc1. The molecule has 1 aromatic rings. The van der Waals surface area contributed by atoms with E-state index in [0.717, 1.165) is 0 Å². The summed E-state index contributed by atoms with van der Waals surface area (Å²) < 4.78 is 44.1. The molecule has 1 aliphatic rings. The molecule has 1 N–H and O–H groups in total. The Bertz CT molecular complexity index is 1270. The molecule has 6 atom stereocenters. The number of hydrogen-bond donors (Lipinski definition) is 1. The first-order chi connectivity index (χ1) is 21.4. The van der Waals surface area contributed by atoms with Gasteiger partial charge < -0.3 is 23.7 Å². The summed E-state index contributed by atoms with van der Waals surface area (Å²) in [6.07, 6.45) is -4.41. The lowest BCUT2D eigenvalue weighted by Crippen LogP contribution is -2.66. The molecule has 1 aromatic carbocycles. The number of carbonyl (C=O) groups is 4. The van der Waals surface area contributed by atoms with E-state index in [1.54, 1.807) is 101 Å². The number of esters is 4. The van der Waals surface area contributed by atoms with E-state index in [0.29, 0.717) is 12.0 Å². The van der Waals surface area contributed by atoms with Crippen molar-refractivity contribution in [2.24, 2.45) is 21.7 Å². The molecule has 0 aliphatic carbocycles. The van der Waals surface area contributed by atoms with Crippen LogP contribution in [0.1, 0.15) is 101 Å². The largest absolute Gasteiger partial charge is 0.462 e. The summed E-state index contributed by atoms with van der Waals surface area (Å²) in [4.78, 5) is 53.1. The standard InChI is InChI=1S/C36H54FNO9/c1-14-15-23(21-16-18-22(37)19-17-21)38-28-27(47-32(42)36(11,12)13)26(46-31(41)35(8,9)10)25(45-30(40)34(5,6)7)24(44-28)20-43-29(39)33(2,3)4/h14,16-19,23-28,38H,1,15,20H2,2-13H3/t23-,24+,25-,26-,27+,28+/m0/s1. The summed E-state index contributed by atoms with van der Waals surface area (Å²) in [7, 11) is 0. The van der Waals surface area contributed by atoms with Gasteiger partial charge in [0.25, 0.3) is 0 Å². The number of rotatable bonds is 10. The van der Waals surface area contributed by atoms with Crippen LogP contribution < -0.4 is 5.32 Å². The second-order valence-corrected chi connectivity index (χ2v) is 16.1. The molecule has 2 rings (SSSR count). The van der Waals surface area contributed by atoms with Crippen LogP contribution in [0.25, 0.3) is 0 Å². The molecule has 1 heterocycles. The number of benzene rings is 1. The molecular weight excluding hydrogens is 609 g/mol. The van der Waals surface area contributed by atoms with Gasteiger partial charge in [-0.05, 0) is 107 Å². The fourth-order valence-corrected chi connectivity index (χ4v) is 4.22. The fourth-order valence-electron chi connectivity index (χ4n) is 4.22. The van der Waals surface area contributed by atoms with Gasteiger partial charge in [-0.3, -0.25) is 24.5 Å². The minimum atomic E-state index is -1.39. The van der Waals surface area contributed by atoms with E-state index in [2.05, 4.69) is 11.9 Å². The minimum Gasteiger partial charge on any atom is -0.462 e. The molecule has 0 saturated carbocycles. The maximum absolute atomic E-state index is 13.8. The molecule has 0 aromatic heterocycles. The van der Waals surface area contributed by atoms with Crippen molar-refractivity contribution in [3.63, 3.8) is 0 Å². The number of hydrogen-bond acceptors (Lipinski definition) is 10. The van der Waals surface area contributed by atoms with E-state index in [4.69, 9.17) is 23.7 Å². The molecular formula is C36H54FNO9. The van der Waals surface area contributed by atoms with Gasteiger partial charge in [0, 0.05) is 6.04 Å². The maximum Gasteiger partial charge on any atom is 0.311 e. The van der Waals surface area contributed by atoms with Gasteiger partial charge in [0.05, 0.1) is 21.7 Å². The van der Waals surface area contributed by atoms with Crippen LogP contribution in [0.2, 0.25) is 0 Å². The number of carbonyl (C=O) groups excluding carboxylic acids is 4. The van der Waals surface area contributed by atoms with Gasteiger partial charge in [-0.25, -0.2) is 4.39 Å². The normalized spacial score (nSPS) is 22.9. The smallest absolute Gasteiger partial charge is 0.311 e. The van der Waals surface area contributed by atoms with Gasteiger partial charge in [-0.15, -0.1) is 6.58 Å². The third kappa shape index (κ3) is 11.4. The predicted molar refractivity (Wildman–Crippen MR) is 174 cm³/mol. The predicted octanol–water partition coefficient (Wildman–Crippen LogP) is 6.22. The fraction of sp³-hybridized carbons (Fsp3) is 0.667. The Morgan fingerprint density at radius 2 is 1.17 bits per heavy atom. The van der Waals surface area contributed by atoms with Crippen molar-refractivity contribution < 1.29 is 47.3 Å². The first-order valence-corrected chi connectivity index (χ1v) is 15.9. The molecule has 0 radical (unpaired) electrons. The van der Waals surface area contributed by atoms with Gasteiger partial charge >= 0.3 is 23.9 Å². The molecule has 0 bridgehead atoms. The van der Waals surface area contributed by atoms with Crippen LogP contribution in [0.4, 0.5) is 4.39 Å². The lowest BCUT2D eigenvalue weighted by molar-refractivity contribution is -0.266. The minimum absolute atomic E-state index is 0.351. The topological polar surface area (TPSA) is 126 Å². The Hall–Kier alpha value is -3.31. The zero-order valence-corrected chi connectivity index (χ0v) is 30.0. The molecule has 1 saturated heterocycles. The highest BCUT2D eigenvalue weighted by Gasteiger charge is 2.55. The van der Waals surface area contributed by atoms with Crippen LogP contribution in [0, 0.1) is 27.5 Å². The second-order valence-electron chi connectivity index (χ2n) is 16.1. The average molecular weight is 664 g/mol. The molecule has 264 valence electrons. The van der Waals surface area contributed by atoms with Gasteiger partial charge in [0.15, 0.2) is 24.5 Å². The van der Waals surface area contributed by atoms with Crippen LogP contribution in [0.15, 0.2) is 36.9 Å². The van der Waals surface area contributed by atoms with Gasteiger partial charge in [-0.2, -0.15) is 0 Å². The Morgan fingerprint density at radius 3 is 1.60 bits per heavy atom. The van der Waals surface area contributed by atoms with Gasteiger partial charge in [0.2, 0.25) is 0 Å². The van der Waals surface area contributed by atoms with E-state index < -0.39 is 88.0 Å². The summed E-state index contributed by atoms with van der Waals surface area (Å²) in [5, 5.41) is 3.33. The van der Waals surface area contributed by atoms with Crippen molar-refractivity contribution in [2.75, 3.05) is 6.61 Å². The molecule has 11 heteroatoms. The summed E-state index contributed by atoms with van der Waals surface area (Å²) >= 11 is 0. The number of ether oxygens (including phenoxy) is 5. The zero-order chi connectivity index (χ0) is 36.1. The van der Waals surface area contributed by atoms with Crippen LogP contribution in [0.5, 0.6) is 0 Å². The summed E-state index contributed by atoms with van der Waals surface area (Å²) in [5.41, 5.74) is -3.13. The summed E-state index contributed by atoms with van der Waals surface area (Å²) in [5.74, 6) is -2.88. The Morgan fingerprint density at radius 1 is 0.745 bits per heavy atom. The molecule has 0 unspecified atom stereocenters. The lowest BCUT2D eigenvalue weighted by Gasteiger charge is -2.47. The van der Waals surface area contributed by atoms with Crippen LogP contribution >= 0.6 is 0 Å². The Kier molecular flexibility index (Phi) is 13.0. The van der Waals surface area contributed by atoms with E-state index >= 15 is 0 Å². The van der Waals surface area contributed by atoms with Gasteiger partial charge in [-0.1, -0.05) is 18.2 Å². The van der Waals surface area contributed by atoms with Crippen molar-refractivity contribution in [2.45, 2.75) is 126 Å². The third-order valence-electron chi connectivity index (χ3n) is 7.23. The highest BCUT2D eigenvalue weighted by molar-refractivity contribution is 5.78. The van der Waals surface area contributed by atoms with E-state index in [1.807, 2.05) is 0 Å². The molecule has 47 heavy (non-hydrogen) atoms. The number of nitrogens with one attached hydrogen (secondary N) is 1. The third-order valence-corrected chi connectivity index (χ3v) is 7.23. The summed E-state index contributed by atoms with van der Waals surface area (Å²) in [6, 6.07) is 5.30. The first-order valence-electron chi connectivity index (χ1n) is 15.9. The molecule has 0 spiro atoms. The first kappa shape index (κ1) is 39.9. The van der Waals surface area contributed by atoms with Crippen LogP contribution in [-0.4, -0.2) is 61.1 Å². The molecule has 1 fully saturated rings. The number of halogens is 1. The van der Waals surface area contributed by atoms with Crippen molar-refractivity contribution in [1.82, 2.24) is 5.32 Å². The van der Waals surface area contributed by atoms with Crippen LogP contribution in [0.3, 0.4) is 0 Å². The monoisotopic (exact) mass is 663 g/mol. The van der Waals surface area contributed by atoms with Crippen molar-refractivity contribution in [3.05, 3.63) is 48.3 Å². The van der Waals surface area contributed by atoms with Crippen molar-refractivity contribution in [3.8, 4) is 0 Å². The highest BCUT2D eigenvalue weighted by atomic mass is 19.1. The second kappa shape index (κ2) is 15.3. The Balaban J connectivity index is 2.77. The van der Waals surface area contributed by atoms with Crippen molar-refractivity contribution >= 4 is 23.9 Å². The van der Waals surface area contributed by atoms with E-state index in [-0.39, 0.29) is 6.61 Å². The van der Waals surface area contributed by atoms with Crippen molar-refractivity contribution in [1.29, 1.82) is 0 Å². The quantitative estimate of drug-likeness (QED) is 0.175. The van der Waals surface area contributed by atoms with E-state index in [9.17, 15) is 23.6 Å². The average Bonchev–Trinajstić information content (AvgIpc) is 2.92. The maximum atomic E-state index is 13.8. The van der Waals surface area contributed by atoms with Crippen LogP contribution in [-0.2, 0) is 42.9 Å². The van der Waals surface area contributed by atoms with E-state index in [1.165, 1.54) is 12.1 Å². The molecule has 0 amide bonds. The molecule has 10 nitrogen and oxygen atoms in total. The molecule has 1 aliphatic heterocycles. The Labute approximate surface area is 279 Å². The summed E-state index contributed by atoms with van der Waals surface area (Å²) in [6.45, 7) is 23.5.